The Morgan fingerprint density at radius 1 is 1.23 bits per heavy atom. The highest BCUT2D eigenvalue weighted by atomic mass is 14.9. The lowest BCUT2D eigenvalue weighted by molar-refractivity contribution is 0.467. The van der Waals surface area contributed by atoms with E-state index in [9.17, 15) is 0 Å². The van der Waals surface area contributed by atoms with Gasteiger partial charge in [-0.3, -0.25) is 5.32 Å². The third kappa shape index (κ3) is 7.80. The Kier molecular flexibility index (Phi) is 7.73. The van der Waals surface area contributed by atoms with Crippen molar-refractivity contribution in [1.82, 2.24) is 5.32 Å². The van der Waals surface area contributed by atoms with Gasteiger partial charge in [0.15, 0.2) is 0 Å². The molecule has 0 saturated heterocycles. The van der Waals surface area contributed by atoms with Crippen LogP contribution in [0.3, 0.4) is 0 Å². The van der Waals surface area contributed by atoms with E-state index in [-0.39, 0.29) is 6.04 Å². The van der Waals surface area contributed by atoms with Crippen LogP contribution in [0.2, 0.25) is 0 Å². The maximum absolute atomic E-state index is 8.58. The molecule has 13 heavy (non-hydrogen) atoms. The molecule has 0 saturated carbocycles. The van der Waals surface area contributed by atoms with Crippen molar-refractivity contribution in [2.45, 2.75) is 65.0 Å². The van der Waals surface area contributed by atoms with Crippen LogP contribution < -0.4 is 5.32 Å². The highest BCUT2D eigenvalue weighted by molar-refractivity contribution is 4.86. The van der Waals surface area contributed by atoms with Gasteiger partial charge in [-0.15, -0.1) is 0 Å². The van der Waals surface area contributed by atoms with Crippen molar-refractivity contribution in [2.24, 2.45) is 0 Å². The quantitative estimate of drug-likeness (QED) is 0.614. The third-order valence-electron chi connectivity index (χ3n) is 2.22. The van der Waals surface area contributed by atoms with Gasteiger partial charge >= 0.3 is 0 Å². The van der Waals surface area contributed by atoms with Crippen LogP contribution in [0, 0.1) is 11.3 Å². The van der Waals surface area contributed by atoms with E-state index in [1.54, 1.807) is 0 Å². The summed E-state index contributed by atoms with van der Waals surface area (Å²) in [5, 5.41) is 11.8. The lowest BCUT2D eigenvalue weighted by atomic mass is 10.1. The average molecular weight is 182 g/mol. The molecule has 0 aromatic carbocycles. The standard InChI is InChI=1S/C11H22N2/c1-4-5-6-7-8-10(2)13-11(3)9-12/h10-11,13H,4-8H2,1-3H3. The van der Waals surface area contributed by atoms with Gasteiger partial charge in [0.05, 0.1) is 12.1 Å². The van der Waals surface area contributed by atoms with E-state index in [4.69, 9.17) is 5.26 Å². The second-order valence-corrected chi connectivity index (χ2v) is 3.77. The van der Waals surface area contributed by atoms with Crippen molar-refractivity contribution in [3.05, 3.63) is 0 Å². The molecule has 2 atom stereocenters. The van der Waals surface area contributed by atoms with Crippen LogP contribution >= 0.6 is 0 Å². The van der Waals surface area contributed by atoms with Crippen molar-refractivity contribution in [3.63, 3.8) is 0 Å². The van der Waals surface area contributed by atoms with Gasteiger partial charge < -0.3 is 0 Å². The SMILES string of the molecule is CCCCCCC(C)NC(C)C#N. The third-order valence-corrected chi connectivity index (χ3v) is 2.22. The molecule has 0 aliphatic carbocycles. The summed E-state index contributed by atoms with van der Waals surface area (Å²) in [6.45, 7) is 6.28. The molecule has 2 heteroatoms. The number of hydrogen-bond donors (Lipinski definition) is 1. The summed E-state index contributed by atoms with van der Waals surface area (Å²) in [6, 6.07) is 2.65. The van der Waals surface area contributed by atoms with Crippen LogP contribution in [0.25, 0.3) is 0 Å². The van der Waals surface area contributed by atoms with Crippen molar-refractivity contribution >= 4 is 0 Å². The lowest BCUT2D eigenvalue weighted by Crippen LogP contribution is -2.33. The van der Waals surface area contributed by atoms with Gasteiger partial charge in [0.1, 0.15) is 0 Å². The Morgan fingerprint density at radius 2 is 1.92 bits per heavy atom. The molecule has 0 aromatic heterocycles. The molecular weight excluding hydrogens is 160 g/mol. The van der Waals surface area contributed by atoms with E-state index in [1.807, 2.05) is 6.92 Å². The molecule has 0 bridgehead atoms. The molecule has 0 amide bonds. The number of unbranched alkanes of at least 4 members (excludes halogenated alkanes) is 3. The lowest BCUT2D eigenvalue weighted by Gasteiger charge is -2.14. The maximum atomic E-state index is 8.58. The van der Waals surface area contributed by atoms with E-state index < -0.39 is 0 Å². The molecule has 2 unspecified atom stereocenters. The summed E-state index contributed by atoms with van der Waals surface area (Å²) in [7, 11) is 0. The van der Waals surface area contributed by atoms with Crippen molar-refractivity contribution in [3.8, 4) is 6.07 Å². The number of nitriles is 1. The predicted octanol–water partition coefficient (Wildman–Crippen LogP) is 2.85. The zero-order valence-corrected chi connectivity index (χ0v) is 9.14. The van der Waals surface area contributed by atoms with Crippen LogP contribution in [-0.4, -0.2) is 12.1 Å². The fourth-order valence-corrected chi connectivity index (χ4v) is 1.42. The van der Waals surface area contributed by atoms with Crippen LogP contribution in [-0.2, 0) is 0 Å². The molecule has 0 aromatic rings. The molecule has 2 nitrogen and oxygen atoms in total. The fourth-order valence-electron chi connectivity index (χ4n) is 1.42. The first-order chi connectivity index (χ1) is 6.20. The number of hydrogen-bond acceptors (Lipinski definition) is 2. The van der Waals surface area contributed by atoms with Gasteiger partial charge in [-0.05, 0) is 20.3 Å². The van der Waals surface area contributed by atoms with E-state index >= 15 is 0 Å². The number of nitrogens with zero attached hydrogens (tertiary/aromatic N) is 1. The summed E-state index contributed by atoms with van der Waals surface area (Å²) in [5.74, 6) is 0. The summed E-state index contributed by atoms with van der Waals surface area (Å²) < 4.78 is 0. The zero-order chi connectivity index (χ0) is 10.1. The van der Waals surface area contributed by atoms with E-state index in [1.165, 1.54) is 32.1 Å². The molecule has 0 aliphatic heterocycles. The highest BCUT2D eigenvalue weighted by Gasteiger charge is 2.04. The van der Waals surface area contributed by atoms with Crippen LogP contribution in [0.4, 0.5) is 0 Å². The first-order valence-corrected chi connectivity index (χ1v) is 5.36. The molecule has 1 N–H and O–H groups in total. The first kappa shape index (κ1) is 12.4. The summed E-state index contributed by atoms with van der Waals surface area (Å²) in [4.78, 5) is 0. The molecule has 0 fully saturated rings. The van der Waals surface area contributed by atoms with Gasteiger partial charge in [-0.1, -0.05) is 32.6 Å². The average Bonchev–Trinajstić information content (AvgIpc) is 2.12. The number of nitrogens with one attached hydrogen (secondary N) is 1. The Hall–Kier alpha value is -0.550. The van der Waals surface area contributed by atoms with Crippen molar-refractivity contribution in [2.75, 3.05) is 0 Å². The minimum absolute atomic E-state index is 0.0128. The Balaban J connectivity index is 3.30. The summed E-state index contributed by atoms with van der Waals surface area (Å²) in [6.07, 6.45) is 6.41. The van der Waals surface area contributed by atoms with E-state index in [0.29, 0.717) is 6.04 Å². The molecule has 0 spiro atoms. The largest absolute Gasteiger partial charge is 0.300 e. The van der Waals surface area contributed by atoms with Crippen molar-refractivity contribution < 1.29 is 0 Å². The topological polar surface area (TPSA) is 35.8 Å². The monoisotopic (exact) mass is 182 g/mol. The van der Waals surface area contributed by atoms with Gasteiger partial charge in [-0.25, -0.2) is 0 Å². The zero-order valence-electron chi connectivity index (χ0n) is 9.14. The van der Waals surface area contributed by atoms with E-state index in [2.05, 4.69) is 25.2 Å². The normalized spacial score (nSPS) is 14.9. The highest BCUT2D eigenvalue weighted by Crippen LogP contribution is 2.05. The van der Waals surface area contributed by atoms with Crippen LogP contribution in [0.1, 0.15) is 52.9 Å². The maximum Gasteiger partial charge on any atom is 0.0926 e. The molecule has 0 aliphatic rings. The second-order valence-electron chi connectivity index (χ2n) is 3.77. The summed E-state index contributed by atoms with van der Waals surface area (Å²) in [5.41, 5.74) is 0. The Morgan fingerprint density at radius 3 is 2.46 bits per heavy atom. The molecule has 76 valence electrons. The van der Waals surface area contributed by atoms with Gasteiger partial charge in [0.2, 0.25) is 0 Å². The predicted molar refractivity (Wildman–Crippen MR) is 56.4 cm³/mol. The minimum atomic E-state index is -0.0128. The van der Waals surface area contributed by atoms with Gasteiger partial charge in [0.25, 0.3) is 0 Å². The van der Waals surface area contributed by atoms with Crippen LogP contribution in [0.5, 0.6) is 0 Å². The second kappa shape index (κ2) is 8.07. The van der Waals surface area contributed by atoms with Crippen molar-refractivity contribution in [1.29, 1.82) is 5.26 Å². The Labute approximate surface area is 82.3 Å². The first-order valence-electron chi connectivity index (χ1n) is 5.36. The molecular formula is C11H22N2. The Bertz CT molecular complexity index is 149. The minimum Gasteiger partial charge on any atom is -0.300 e. The molecule has 0 heterocycles. The molecule has 0 radical (unpaired) electrons. The van der Waals surface area contributed by atoms with Gasteiger partial charge in [-0.2, -0.15) is 5.26 Å². The molecule has 0 rings (SSSR count). The van der Waals surface area contributed by atoms with Crippen LogP contribution in [0.15, 0.2) is 0 Å². The smallest absolute Gasteiger partial charge is 0.0926 e. The van der Waals surface area contributed by atoms with E-state index in [0.717, 1.165) is 0 Å². The fraction of sp³-hybridized carbons (Fsp3) is 0.909. The number of rotatable bonds is 7. The van der Waals surface area contributed by atoms with Gasteiger partial charge in [0, 0.05) is 6.04 Å². The summed E-state index contributed by atoms with van der Waals surface area (Å²) >= 11 is 0.